The van der Waals surface area contributed by atoms with Crippen LogP contribution in [0.25, 0.3) is 0 Å². The van der Waals surface area contributed by atoms with Gasteiger partial charge in [-0.05, 0) is 60.7 Å². The number of nitrogens with zero attached hydrogens (tertiary/aromatic N) is 1. The summed E-state index contributed by atoms with van der Waals surface area (Å²) >= 11 is 0. The van der Waals surface area contributed by atoms with Crippen LogP contribution in [0.3, 0.4) is 0 Å². The molecule has 5 nitrogen and oxygen atoms in total. The van der Waals surface area contributed by atoms with E-state index in [2.05, 4.69) is 5.32 Å². The van der Waals surface area contributed by atoms with E-state index in [1.807, 2.05) is 12.1 Å². The smallest absolute Gasteiger partial charge is 0.251 e. The Kier molecular flexibility index (Phi) is 5.37. The molecule has 2 aliphatic rings. The third-order valence-electron chi connectivity index (χ3n) is 6.11. The zero-order chi connectivity index (χ0) is 20.4. The predicted octanol–water partition coefficient (Wildman–Crippen LogP) is 3.21. The number of amides is 2. The first-order valence-corrected chi connectivity index (χ1v) is 10.0. The van der Waals surface area contributed by atoms with Crippen molar-refractivity contribution < 1.29 is 18.7 Å². The van der Waals surface area contributed by atoms with E-state index >= 15 is 0 Å². The first-order chi connectivity index (χ1) is 14.0. The fraction of sp³-hybridized carbons (Fsp3) is 0.391. The first kappa shape index (κ1) is 19.6. The molecule has 0 bridgehead atoms. The highest BCUT2D eigenvalue weighted by Crippen LogP contribution is 2.35. The van der Waals surface area contributed by atoms with Crippen LogP contribution >= 0.6 is 0 Å². The molecule has 29 heavy (non-hydrogen) atoms. The largest absolute Gasteiger partial charge is 0.381 e. The lowest BCUT2D eigenvalue weighted by Gasteiger charge is -2.38. The first-order valence-electron chi connectivity index (χ1n) is 10.0. The Balaban J connectivity index is 1.50. The van der Waals surface area contributed by atoms with Crippen molar-refractivity contribution in [2.24, 2.45) is 0 Å². The molecule has 0 radical (unpaired) electrons. The van der Waals surface area contributed by atoms with Gasteiger partial charge in [-0.15, -0.1) is 0 Å². The van der Waals surface area contributed by atoms with E-state index in [0.717, 1.165) is 36.1 Å². The van der Waals surface area contributed by atoms with Gasteiger partial charge in [0.15, 0.2) is 0 Å². The Morgan fingerprint density at radius 2 is 1.86 bits per heavy atom. The van der Waals surface area contributed by atoms with Crippen molar-refractivity contribution in [1.82, 2.24) is 5.32 Å². The highest BCUT2D eigenvalue weighted by Gasteiger charge is 2.35. The Hall–Kier alpha value is -2.73. The highest BCUT2D eigenvalue weighted by molar-refractivity contribution is 5.97. The summed E-state index contributed by atoms with van der Waals surface area (Å²) in [6, 6.07) is 12.0. The van der Waals surface area contributed by atoms with Gasteiger partial charge in [-0.3, -0.25) is 9.59 Å². The standard InChI is InChI=1S/C23H25FN2O3/c1-16(27)26-11-8-17-14-18(2-7-21(17)26)22(28)25-15-23(9-12-29-13-10-23)19-3-5-20(24)6-4-19/h2-7,14H,8-13,15H2,1H3,(H,25,28). The Labute approximate surface area is 169 Å². The zero-order valence-corrected chi connectivity index (χ0v) is 16.5. The fourth-order valence-corrected chi connectivity index (χ4v) is 4.35. The maximum atomic E-state index is 13.4. The molecule has 0 spiro atoms. The highest BCUT2D eigenvalue weighted by atomic mass is 19.1. The summed E-state index contributed by atoms with van der Waals surface area (Å²) in [6.45, 7) is 3.92. The molecule has 6 heteroatoms. The fourth-order valence-electron chi connectivity index (χ4n) is 4.35. The molecule has 0 aliphatic carbocycles. The third kappa shape index (κ3) is 3.90. The van der Waals surface area contributed by atoms with Gasteiger partial charge in [0.1, 0.15) is 5.82 Å². The average molecular weight is 396 g/mol. The molecule has 2 aromatic carbocycles. The summed E-state index contributed by atoms with van der Waals surface area (Å²) in [5.74, 6) is -0.387. The van der Waals surface area contributed by atoms with Crippen LogP contribution in [0.1, 0.15) is 41.3 Å². The van der Waals surface area contributed by atoms with Gasteiger partial charge >= 0.3 is 0 Å². The second kappa shape index (κ2) is 7.95. The van der Waals surface area contributed by atoms with Gasteiger partial charge in [-0.1, -0.05) is 12.1 Å². The summed E-state index contributed by atoms with van der Waals surface area (Å²) in [4.78, 5) is 26.3. The molecule has 1 N–H and O–H groups in total. The van der Waals surface area contributed by atoms with Crippen LogP contribution < -0.4 is 10.2 Å². The molecule has 0 saturated carbocycles. The second-order valence-electron chi connectivity index (χ2n) is 7.85. The Bertz CT molecular complexity index is 920. The van der Waals surface area contributed by atoms with Crippen LogP contribution in [-0.4, -0.2) is 38.1 Å². The lowest BCUT2D eigenvalue weighted by molar-refractivity contribution is -0.116. The number of hydrogen-bond donors (Lipinski definition) is 1. The van der Waals surface area contributed by atoms with Crippen molar-refractivity contribution in [3.8, 4) is 0 Å². The van der Waals surface area contributed by atoms with Crippen LogP contribution in [0.4, 0.5) is 10.1 Å². The van der Waals surface area contributed by atoms with Crippen molar-refractivity contribution in [2.75, 3.05) is 31.2 Å². The van der Waals surface area contributed by atoms with E-state index in [9.17, 15) is 14.0 Å². The van der Waals surface area contributed by atoms with E-state index in [1.165, 1.54) is 12.1 Å². The maximum absolute atomic E-state index is 13.4. The van der Waals surface area contributed by atoms with Gasteiger partial charge in [-0.2, -0.15) is 0 Å². The zero-order valence-electron chi connectivity index (χ0n) is 16.5. The minimum atomic E-state index is -0.266. The molecule has 1 fully saturated rings. The minimum Gasteiger partial charge on any atom is -0.381 e. The lowest BCUT2D eigenvalue weighted by Crippen LogP contribution is -2.44. The summed E-state index contributed by atoms with van der Waals surface area (Å²) in [6.07, 6.45) is 2.31. The Morgan fingerprint density at radius 3 is 2.55 bits per heavy atom. The predicted molar refractivity (Wildman–Crippen MR) is 109 cm³/mol. The summed E-state index contributed by atoms with van der Waals surface area (Å²) in [5.41, 5.74) is 3.27. The van der Waals surface area contributed by atoms with Gasteiger partial charge in [-0.25, -0.2) is 4.39 Å². The van der Waals surface area contributed by atoms with E-state index in [1.54, 1.807) is 30.0 Å². The molecule has 2 aliphatic heterocycles. The van der Waals surface area contributed by atoms with Gasteiger partial charge < -0.3 is 15.0 Å². The molecule has 4 rings (SSSR count). The summed E-state index contributed by atoms with van der Waals surface area (Å²) in [7, 11) is 0. The summed E-state index contributed by atoms with van der Waals surface area (Å²) in [5, 5.41) is 3.08. The molecule has 2 heterocycles. The van der Waals surface area contributed by atoms with Gasteiger partial charge in [0, 0.05) is 49.9 Å². The second-order valence-corrected chi connectivity index (χ2v) is 7.85. The number of benzene rings is 2. The van der Waals surface area contributed by atoms with Crippen LogP contribution in [0.5, 0.6) is 0 Å². The maximum Gasteiger partial charge on any atom is 0.251 e. The molecular weight excluding hydrogens is 371 g/mol. The molecule has 2 aromatic rings. The van der Waals surface area contributed by atoms with Gasteiger partial charge in [0.25, 0.3) is 5.91 Å². The van der Waals surface area contributed by atoms with Crippen molar-refractivity contribution in [2.45, 2.75) is 31.6 Å². The number of rotatable bonds is 4. The van der Waals surface area contributed by atoms with E-state index < -0.39 is 0 Å². The third-order valence-corrected chi connectivity index (χ3v) is 6.11. The molecule has 0 aromatic heterocycles. The number of nitrogens with one attached hydrogen (secondary N) is 1. The van der Waals surface area contributed by atoms with Crippen LogP contribution in [0.15, 0.2) is 42.5 Å². The number of hydrogen-bond acceptors (Lipinski definition) is 3. The number of anilines is 1. The molecule has 0 unspecified atom stereocenters. The monoisotopic (exact) mass is 396 g/mol. The number of fused-ring (bicyclic) bond motifs is 1. The molecule has 2 amide bonds. The van der Waals surface area contributed by atoms with E-state index in [0.29, 0.717) is 31.9 Å². The minimum absolute atomic E-state index is 0.0155. The molecule has 0 atom stereocenters. The average Bonchev–Trinajstić information content (AvgIpc) is 3.17. The van der Waals surface area contributed by atoms with Gasteiger partial charge in [0.2, 0.25) is 5.91 Å². The Morgan fingerprint density at radius 1 is 1.14 bits per heavy atom. The summed E-state index contributed by atoms with van der Waals surface area (Å²) < 4.78 is 18.9. The molecule has 152 valence electrons. The van der Waals surface area contributed by atoms with Crippen molar-refractivity contribution >= 4 is 17.5 Å². The quantitative estimate of drug-likeness (QED) is 0.863. The van der Waals surface area contributed by atoms with Crippen LogP contribution in [0, 0.1) is 5.82 Å². The normalized spacial score (nSPS) is 17.7. The van der Waals surface area contributed by atoms with Crippen LogP contribution in [-0.2, 0) is 21.4 Å². The van der Waals surface area contributed by atoms with E-state index in [-0.39, 0.29) is 23.0 Å². The van der Waals surface area contributed by atoms with Crippen molar-refractivity contribution in [3.05, 3.63) is 65.0 Å². The molecule has 1 saturated heterocycles. The van der Waals surface area contributed by atoms with E-state index in [4.69, 9.17) is 4.74 Å². The van der Waals surface area contributed by atoms with Crippen LogP contribution in [0.2, 0.25) is 0 Å². The van der Waals surface area contributed by atoms with Crippen molar-refractivity contribution in [3.63, 3.8) is 0 Å². The number of carbonyl (C=O) groups is 2. The van der Waals surface area contributed by atoms with Crippen molar-refractivity contribution in [1.29, 1.82) is 0 Å². The number of carbonyl (C=O) groups excluding carboxylic acids is 2. The molecular formula is C23H25FN2O3. The lowest BCUT2D eigenvalue weighted by atomic mass is 9.74. The SMILES string of the molecule is CC(=O)N1CCc2cc(C(=O)NCC3(c4ccc(F)cc4)CCOCC3)ccc21. The topological polar surface area (TPSA) is 58.6 Å². The van der Waals surface area contributed by atoms with Gasteiger partial charge in [0.05, 0.1) is 0 Å². The number of halogens is 1. The number of ether oxygens (including phenoxy) is 1.